The van der Waals surface area contributed by atoms with Crippen LogP contribution in [-0.2, 0) is 13.0 Å². The van der Waals surface area contributed by atoms with Crippen LogP contribution < -0.4 is 0 Å². The maximum Gasteiger partial charge on any atom is 0.0505 e. The van der Waals surface area contributed by atoms with E-state index in [2.05, 4.69) is 53.3 Å². The Balaban J connectivity index is 1.67. The molecule has 0 fully saturated rings. The number of nitrogens with zero attached hydrogens (tertiary/aromatic N) is 3. The van der Waals surface area contributed by atoms with Gasteiger partial charge in [0.1, 0.15) is 0 Å². The Morgan fingerprint density at radius 1 is 1.17 bits per heavy atom. The van der Waals surface area contributed by atoms with E-state index in [0.29, 0.717) is 6.04 Å². The summed E-state index contributed by atoms with van der Waals surface area (Å²) in [5, 5.41) is 1.53. The van der Waals surface area contributed by atoms with Crippen LogP contribution in [0.25, 0.3) is 10.9 Å². The van der Waals surface area contributed by atoms with Crippen molar-refractivity contribution in [3.63, 3.8) is 0 Å². The molecule has 1 aromatic heterocycles. The first-order chi connectivity index (χ1) is 11.7. The Morgan fingerprint density at radius 3 is 2.79 bits per heavy atom. The molecule has 2 heterocycles. The van der Waals surface area contributed by atoms with E-state index in [9.17, 15) is 0 Å². The van der Waals surface area contributed by atoms with Crippen molar-refractivity contribution in [1.82, 2.24) is 14.4 Å². The van der Waals surface area contributed by atoms with Gasteiger partial charge in [-0.15, -0.1) is 0 Å². The maximum absolute atomic E-state index is 2.77. The van der Waals surface area contributed by atoms with E-state index in [1.54, 1.807) is 11.3 Å². The normalized spacial score (nSPS) is 20.8. The standard InChI is InChI=1S/C21H31N3/c1-4-22(5-2)11-12-23-13-14-24-19-10-9-16(3)15-18(19)17-7-6-8-20(23)21(17)24/h9-10,15,20H,4-8,11-14H2,1-3H3/t20-/m1/s1. The number of benzene rings is 1. The third-order valence-corrected chi connectivity index (χ3v) is 6.24. The zero-order valence-corrected chi connectivity index (χ0v) is 15.5. The van der Waals surface area contributed by atoms with Crippen LogP contribution in [-0.4, -0.2) is 47.1 Å². The number of aromatic nitrogens is 1. The number of hydrogen-bond donors (Lipinski definition) is 0. The molecule has 0 saturated heterocycles. The van der Waals surface area contributed by atoms with Gasteiger partial charge in [-0.2, -0.15) is 0 Å². The average molecular weight is 326 g/mol. The van der Waals surface area contributed by atoms with Crippen LogP contribution in [0, 0.1) is 6.92 Å². The molecule has 2 aromatic rings. The van der Waals surface area contributed by atoms with Crippen molar-refractivity contribution in [3.8, 4) is 0 Å². The van der Waals surface area contributed by atoms with Crippen molar-refractivity contribution in [2.45, 2.75) is 52.6 Å². The second kappa shape index (κ2) is 6.53. The first-order valence-corrected chi connectivity index (χ1v) is 9.81. The highest BCUT2D eigenvalue weighted by Crippen LogP contribution is 2.42. The molecule has 4 rings (SSSR count). The Morgan fingerprint density at radius 2 is 2.00 bits per heavy atom. The summed E-state index contributed by atoms with van der Waals surface area (Å²) in [6.45, 7) is 13.9. The zero-order valence-electron chi connectivity index (χ0n) is 15.5. The molecule has 0 radical (unpaired) electrons. The summed E-state index contributed by atoms with van der Waals surface area (Å²) in [7, 11) is 0. The highest BCUT2D eigenvalue weighted by Gasteiger charge is 2.34. The summed E-state index contributed by atoms with van der Waals surface area (Å²) in [6.07, 6.45) is 3.94. The smallest absolute Gasteiger partial charge is 0.0505 e. The Labute approximate surface area is 146 Å². The lowest BCUT2D eigenvalue weighted by atomic mass is 9.89. The molecule has 130 valence electrons. The average Bonchev–Trinajstić information content (AvgIpc) is 2.92. The quantitative estimate of drug-likeness (QED) is 0.823. The first kappa shape index (κ1) is 16.2. The number of hydrogen-bond acceptors (Lipinski definition) is 2. The minimum atomic E-state index is 0.644. The van der Waals surface area contributed by atoms with Gasteiger partial charge >= 0.3 is 0 Å². The van der Waals surface area contributed by atoms with Crippen molar-refractivity contribution in [2.75, 3.05) is 32.7 Å². The number of aryl methyl sites for hydroxylation is 2. The molecule has 0 amide bonds. The van der Waals surface area contributed by atoms with Crippen LogP contribution in [0.4, 0.5) is 0 Å². The van der Waals surface area contributed by atoms with Gasteiger partial charge in [0.25, 0.3) is 0 Å². The molecular weight excluding hydrogens is 294 g/mol. The number of fused-ring (bicyclic) bond motifs is 3. The van der Waals surface area contributed by atoms with Gasteiger partial charge in [-0.05, 0) is 57.0 Å². The van der Waals surface area contributed by atoms with Gasteiger partial charge in [0.05, 0.1) is 6.04 Å². The van der Waals surface area contributed by atoms with Crippen molar-refractivity contribution < 1.29 is 0 Å². The monoisotopic (exact) mass is 325 g/mol. The molecule has 1 aromatic carbocycles. The van der Waals surface area contributed by atoms with Crippen molar-refractivity contribution in [3.05, 3.63) is 35.0 Å². The van der Waals surface area contributed by atoms with Gasteiger partial charge in [-0.3, -0.25) is 4.90 Å². The summed E-state index contributed by atoms with van der Waals surface area (Å²) in [5.74, 6) is 0. The molecule has 0 spiro atoms. The summed E-state index contributed by atoms with van der Waals surface area (Å²) < 4.78 is 2.64. The molecule has 24 heavy (non-hydrogen) atoms. The lowest BCUT2D eigenvalue weighted by Gasteiger charge is -2.40. The van der Waals surface area contributed by atoms with Crippen LogP contribution in [0.5, 0.6) is 0 Å². The zero-order chi connectivity index (χ0) is 16.7. The van der Waals surface area contributed by atoms with E-state index in [1.807, 2.05) is 0 Å². The van der Waals surface area contributed by atoms with Crippen molar-refractivity contribution >= 4 is 10.9 Å². The molecule has 1 aliphatic heterocycles. The Hall–Kier alpha value is -1.32. The van der Waals surface area contributed by atoms with Crippen LogP contribution in [0.15, 0.2) is 18.2 Å². The highest BCUT2D eigenvalue weighted by molar-refractivity contribution is 5.87. The summed E-state index contributed by atoms with van der Waals surface area (Å²) in [4.78, 5) is 5.32. The molecular formula is C21H31N3. The predicted molar refractivity (Wildman–Crippen MR) is 102 cm³/mol. The Kier molecular flexibility index (Phi) is 4.40. The van der Waals surface area contributed by atoms with Gasteiger partial charge in [0.2, 0.25) is 0 Å². The minimum absolute atomic E-state index is 0.644. The van der Waals surface area contributed by atoms with E-state index in [0.717, 1.165) is 6.54 Å². The fourth-order valence-corrected chi connectivity index (χ4v) is 4.87. The molecule has 0 saturated carbocycles. The van der Waals surface area contributed by atoms with Gasteiger partial charge in [-0.1, -0.05) is 25.5 Å². The molecule has 3 heteroatoms. The lowest BCUT2D eigenvalue weighted by Crippen LogP contribution is -2.43. The van der Waals surface area contributed by atoms with Gasteiger partial charge in [-0.25, -0.2) is 0 Å². The molecule has 0 unspecified atom stereocenters. The third-order valence-electron chi connectivity index (χ3n) is 6.24. The SMILES string of the molecule is CCN(CC)CCN1CCn2c3c(c4cc(C)ccc42)CCC[C@H]31. The molecule has 0 N–H and O–H groups in total. The van der Waals surface area contributed by atoms with Gasteiger partial charge in [0, 0.05) is 42.8 Å². The topological polar surface area (TPSA) is 11.4 Å². The second-order valence-corrected chi connectivity index (χ2v) is 7.51. The summed E-state index contributed by atoms with van der Waals surface area (Å²) in [5.41, 5.74) is 6.16. The van der Waals surface area contributed by atoms with E-state index < -0.39 is 0 Å². The first-order valence-electron chi connectivity index (χ1n) is 9.81. The molecule has 0 bridgehead atoms. The lowest BCUT2D eigenvalue weighted by molar-refractivity contribution is 0.122. The number of rotatable bonds is 5. The van der Waals surface area contributed by atoms with Crippen LogP contribution in [0.2, 0.25) is 0 Å². The summed E-state index contributed by atoms with van der Waals surface area (Å²) in [6, 6.07) is 7.69. The molecule has 1 atom stereocenters. The van der Waals surface area contributed by atoms with Crippen molar-refractivity contribution in [1.29, 1.82) is 0 Å². The second-order valence-electron chi connectivity index (χ2n) is 7.51. The molecule has 2 aliphatic rings. The summed E-state index contributed by atoms with van der Waals surface area (Å²) >= 11 is 0. The van der Waals surface area contributed by atoms with Crippen LogP contribution >= 0.6 is 0 Å². The van der Waals surface area contributed by atoms with E-state index >= 15 is 0 Å². The third kappa shape index (κ3) is 2.58. The van der Waals surface area contributed by atoms with Gasteiger partial charge in [0.15, 0.2) is 0 Å². The van der Waals surface area contributed by atoms with E-state index in [4.69, 9.17) is 0 Å². The molecule has 1 aliphatic carbocycles. The fraction of sp³-hybridized carbons (Fsp3) is 0.619. The molecule has 3 nitrogen and oxygen atoms in total. The van der Waals surface area contributed by atoms with Crippen LogP contribution in [0.3, 0.4) is 0 Å². The highest BCUT2D eigenvalue weighted by atomic mass is 15.3. The van der Waals surface area contributed by atoms with Gasteiger partial charge < -0.3 is 9.47 Å². The fourth-order valence-electron chi connectivity index (χ4n) is 4.87. The minimum Gasteiger partial charge on any atom is -0.342 e. The maximum atomic E-state index is 2.77. The number of likely N-dealkylation sites (N-methyl/N-ethyl adjacent to an activating group) is 1. The van der Waals surface area contributed by atoms with Crippen LogP contribution in [0.1, 0.15) is 49.6 Å². The largest absolute Gasteiger partial charge is 0.342 e. The van der Waals surface area contributed by atoms with E-state index in [1.165, 1.54) is 68.5 Å². The Bertz CT molecular complexity index is 726. The predicted octanol–water partition coefficient (Wildman–Crippen LogP) is 3.98. The van der Waals surface area contributed by atoms with Crippen molar-refractivity contribution in [2.24, 2.45) is 0 Å². The van der Waals surface area contributed by atoms with E-state index in [-0.39, 0.29) is 0 Å².